The van der Waals surface area contributed by atoms with E-state index in [9.17, 15) is 14.4 Å². The van der Waals surface area contributed by atoms with Crippen LogP contribution in [0.4, 0.5) is 16.2 Å². The minimum absolute atomic E-state index is 0.0138. The predicted molar refractivity (Wildman–Crippen MR) is 153 cm³/mol. The summed E-state index contributed by atoms with van der Waals surface area (Å²) in [6, 6.07) is 18.2. The molecule has 0 aromatic heterocycles. The monoisotopic (exact) mass is 611 g/mol. The third kappa shape index (κ3) is 8.04. The molecule has 3 aromatic rings. The summed E-state index contributed by atoms with van der Waals surface area (Å²) in [5.74, 6) is -0.0884. The van der Waals surface area contributed by atoms with Crippen LogP contribution in [0.5, 0.6) is 11.5 Å². The van der Waals surface area contributed by atoms with E-state index < -0.39 is 12.0 Å². The fourth-order valence-corrected chi connectivity index (χ4v) is 4.64. The molecule has 1 fully saturated rings. The summed E-state index contributed by atoms with van der Waals surface area (Å²) < 4.78 is 12.0. The standard InChI is InChI=1S/C29H30BrN3O7/c1-38-27-16-19(8-13-26(27)32-29(37)31-25-7-3-2-6-24(25)30)15-22(34)18-40-33-14-4-5-21(33)17-39-23-11-9-20(10-12-23)28(35)36/h2-3,6-13,16,21H,4-5,14-15,17-18H2,1H3,(H,35,36)(H2,31,32,37)/t21-/m0/s1. The minimum Gasteiger partial charge on any atom is -0.495 e. The first kappa shape index (κ1) is 29.1. The zero-order valence-corrected chi connectivity index (χ0v) is 23.5. The summed E-state index contributed by atoms with van der Waals surface area (Å²) in [6.07, 6.45) is 1.92. The Hall–Kier alpha value is -3.93. The second kappa shape index (κ2) is 13.9. The molecule has 40 heavy (non-hydrogen) atoms. The Balaban J connectivity index is 1.25. The average molecular weight is 612 g/mol. The number of amides is 2. The van der Waals surface area contributed by atoms with Crippen molar-refractivity contribution in [3.05, 3.63) is 82.3 Å². The van der Waals surface area contributed by atoms with Crippen molar-refractivity contribution in [1.82, 2.24) is 5.06 Å². The maximum Gasteiger partial charge on any atom is 0.335 e. The zero-order valence-electron chi connectivity index (χ0n) is 21.9. The Morgan fingerprint density at radius 2 is 1.77 bits per heavy atom. The molecule has 3 aromatic carbocycles. The molecule has 210 valence electrons. The molecular formula is C29H30BrN3O7. The molecule has 1 aliphatic heterocycles. The Labute approximate surface area is 240 Å². The maximum absolute atomic E-state index is 12.7. The smallest absolute Gasteiger partial charge is 0.335 e. The lowest BCUT2D eigenvalue weighted by Crippen LogP contribution is -2.36. The lowest BCUT2D eigenvalue weighted by atomic mass is 10.1. The van der Waals surface area contributed by atoms with Crippen LogP contribution < -0.4 is 20.1 Å². The summed E-state index contributed by atoms with van der Waals surface area (Å²) in [7, 11) is 1.50. The number of aromatic carboxylic acids is 1. The van der Waals surface area contributed by atoms with Crippen molar-refractivity contribution in [2.24, 2.45) is 0 Å². The number of Topliss-reactive ketones (excluding diaryl/α,β-unsaturated/α-hetero) is 1. The molecule has 10 nitrogen and oxygen atoms in total. The van der Waals surface area contributed by atoms with Gasteiger partial charge in [-0.3, -0.25) is 9.63 Å². The predicted octanol–water partition coefficient (Wildman–Crippen LogP) is 5.39. The van der Waals surface area contributed by atoms with Gasteiger partial charge in [-0.2, -0.15) is 5.06 Å². The molecule has 0 aliphatic carbocycles. The van der Waals surface area contributed by atoms with Gasteiger partial charge < -0.3 is 25.2 Å². The van der Waals surface area contributed by atoms with Gasteiger partial charge in [0.2, 0.25) is 0 Å². The third-order valence-electron chi connectivity index (χ3n) is 6.30. The first-order valence-corrected chi connectivity index (χ1v) is 13.5. The van der Waals surface area contributed by atoms with Crippen molar-refractivity contribution < 1.29 is 33.8 Å². The SMILES string of the molecule is COc1cc(CC(=O)CON2CCC[C@H]2COc2ccc(C(=O)O)cc2)ccc1NC(=O)Nc1ccccc1Br. The van der Waals surface area contributed by atoms with Gasteiger partial charge in [-0.25, -0.2) is 9.59 Å². The molecule has 0 spiro atoms. The quantitative estimate of drug-likeness (QED) is 0.249. The number of carboxylic acid groups (broad SMARTS) is 1. The van der Waals surface area contributed by atoms with Crippen molar-refractivity contribution >= 4 is 45.1 Å². The number of nitrogens with zero attached hydrogens (tertiary/aromatic N) is 1. The number of carbonyl (C=O) groups is 3. The number of rotatable bonds is 12. The van der Waals surface area contributed by atoms with Gasteiger partial charge in [0.25, 0.3) is 0 Å². The second-order valence-electron chi connectivity index (χ2n) is 9.16. The Morgan fingerprint density at radius 3 is 2.50 bits per heavy atom. The highest BCUT2D eigenvalue weighted by atomic mass is 79.9. The average Bonchev–Trinajstić information content (AvgIpc) is 3.40. The number of hydrogen-bond donors (Lipinski definition) is 3. The topological polar surface area (TPSA) is 126 Å². The van der Waals surface area contributed by atoms with Crippen LogP contribution in [0.1, 0.15) is 28.8 Å². The molecule has 1 saturated heterocycles. The molecular weight excluding hydrogens is 582 g/mol. The third-order valence-corrected chi connectivity index (χ3v) is 6.99. The number of urea groups is 1. The summed E-state index contributed by atoms with van der Waals surface area (Å²) in [5, 5.41) is 16.3. The number of carbonyl (C=O) groups excluding carboxylic acids is 2. The molecule has 4 rings (SSSR count). The highest BCUT2D eigenvalue weighted by Gasteiger charge is 2.27. The molecule has 0 radical (unpaired) electrons. The number of methoxy groups -OCH3 is 1. The van der Waals surface area contributed by atoms with E-state index in [0.29, 0.717) is 36.0 Å². The molecule has 0 unspecified atom stereocenters. The lowest BCUT2D eigenvalue weighted by Gasteiger charge is -2.23. The van der Waals surface area contributed by atoms with Gasteiger partial charge in [0, 0.05) is 17.4 Å². The molecule has 1 atom stereocenters. The highest BCUT2D eigenvalue weighted by Crippen LogP contribution is 2.27. The van der Waals surface area contributed by atoms with E-state index in [1.54, 1.807) is 41.5 Å². The summed E-state index contributed by atoms with van der Waals surface area (Å²) in [5.41, 5.74) is 2.02. The van der Waals surface area contributed by atoms with E-state index in [2.05, 4.69) is 26.6 Å². The van der Waals surface area contributed by atoms with E-state index in [0.717, 1.165) is 22.9 Å². The zero-order chi connectivity index (χ0) is 28.5. The highest BCUT2D eigenvalue weighted by molar-refractivity contribution is 9.10. The van der Waals surface area contributed by atoms with E-state index in [4.69, 9.17) is 19.4 Å². The van der Waals surface area contributed by atoms with E-state index in [-0.39, 0.29) is 30.4 Å². The molecule has 2 amide bonds. The largest absolute Gasteiger partial charge is 0.495 e. The number of para-hydroxylation sites is 1. The molecule has 0 saturated carbocycles. The summed E-state index contributed by atoms with van der Waals surface area (Å²) >= 11 is 3.40. The molecule has 0 bridgehead atoms. The van der Waals surface area contributed by atoms with E-state index in [1.807, 2.05) is 18.2 Å². The molecule has 1 heterocycles. The van der Waals surface area contributed by atoms with Crippen LogP contribution in [0.25, 0.3) is 0 Å². The number of benzene rings is 3. The molecule has 3 N–H and O–H groups in total. The van der Waals surface area contributed by atoms with Crippen LogP contribution in [0.2, 0.25) is 0 Å². The van der Waals surface area contributed by atoms with Crippen molar-refractivity contribution in [1.29, 1.82) is 0 Å². The molecule has 11 heteroatoms. The van der Waals surface area contributed by atoms with Crippen molar-refractivity contribution in [3.8, 4) is 11.5 Å². The summed E-state index contributed by atoms with van der Waals surface area (Å²) in [6.45, 7) is 0.969. The Morgan fingerprint density at radius 1 is 1.02 bits per heavy atom. The number of ether oxygens (including phenoxy) is 2. The first-order valence-electron chi connectivity index (χ1n) is 12.7. The van der Waals surface area contributed by atoms with Gasteiger partial charge in [0.15, 0.2) is 5.78 Å². The van der Waals surface area contributed by atoms with Crippen molar-refractivity contribution in [3.63, 3.8) is 0 Å². The first-order chi connectivity index (χ1) is 19.3. The van der Waals surface area contributed by atoms with Crippen LogP contribution in [-0.4, -0.2) is 60.9 Å². The van der Waals surface area contributed by atoms with Crippen LogP contribution in [-0.2, 0) is 16.1 Å². The fourth-order valence-electron chi connectivity index (χ4n) is 4.25. The van der Waals surface area contributed by atoms with Gasteiger partial charge in [0.05, 0.1) is 30.1 Å². The number of ketones is 1. The van der Waals surface area contributed by atoms with E-state index >= 15 is 0 Å². The number of nitrogens with one attached hydrogen (secondary N) is 2. The van der Waals surface area contributed by atoms with Gasteiger partial charge in [-0.1, -0.05) is 18.2 Å². The maximum atomic E-state index is 12.7. The number of hydroxylamine groups is 2. The van der Waals surface area contributed by atoms with Gasteiger partial charge in [-0.05, 0) is 82.9 Å². The summed E-state index contributed by atoms with van der Waals surface area (Å²) in [4.78, 5) is 42.0. The number of anilines is 2. The number of halogens is 1. The normalized spacial score (nSPS) is 14.9. The van der Waals surface area contributed by atoms with Crippen LogP contribution >= 0.6 is 15.9 Å². The fraction of sp³-hybridized carbons (Fsp3) is 0.276. The van der Waals surface area contributed by atoms with Crippen LogP contribution in [0, 0.1) is 0 Å². The van der Waals surface area contributed by atoms with E-state index in [1.165, 1.54) is 19.2 Å². The Bertz CT molecular complexity index is 1350. The minimum atomic E-state index is -0.989. The second-order valence-corrected chi connectivity index (χ2v) is 10.0. The number of hydrogen-bond acceptors (Lipinski definition) is 7. The lowest BCUT2D eigenvalue weighted by molar-refractivity contribution is -0.179. The van der Waals surface area contributed by atoms with Crippen molar-refractivity contribution in [2.45, 2.75) is 25.3 Å². The molecule has 1 aliphatic rings. The van der Waals surface area contributed by atoms with Crippen LogP contribution in [0.3, 0.4) is 0 Å². The van der Waals surface area contributed by atoms with Gasteiger partial charge in [0.1, 0.15) is 24.7 Å². The number of carboxylic acids is 1. The van der Waals surface area contributed by atoms with Gasteiger partial charge >= 0.3 is 12.0 Å². The van der Waals surface area contributed by atoms with Gasteiger partial charge in [-0.15, -0.1) is 0 Å². The van der Waals surface area contributed by atoms with Crippen LogP contribution in [0.15, 0.2) is 71.2 Å². The van der Waals surface area contributed by atoms with Crippen molar-refractivity contribution in [2.75, 3.05) is 37.5 Å². The Kier molecular flexibility index (Phi) is 10.1.